The minimum Gasteiger partial charge on any atom is -0.493 e. The maximum absolute atomic E-state index is 13.1. The van der Waals surface area contributed by atoms with Gasteiger partial charge in [-0.3, -0.25) is 14.5 Å². The number of benzene rings is 2. The summed E-state index contributed by atoms with van der Waals surface area (Å²) in [5.41, 5.74) is -0.439. The van der Waals surface area contributed by atoms with Crippen LogP contribution in [0, 0.1) is 0 Å². The highest BCUT2D eigenvalue weighted by Gasteiger charge is 2.37. The van der Waals surface area contributed by atoms with Gasteiger partial charge in [0.05, 0.1) is 34.2 Å². The molecule has 1 saturated heterocycles. The molecule has 1 aliphatic heterocycles. The minimum absolute atomic E-state index is 0.0222. The smallest absolute Gasteiger partial charge is 0.417 e. The Hall–Kier alpha value is -2.56. The summed E-state index contributed by atoms with van der Waals surface area (Å²) in [6, 6.07) is 9.71. The first kappa shape index (κ1) is 23.1. The molecule has 1 N–H and O–H groups in total. The van der Waals surface area contributed by atoms with Crippen LogP contribution in [-0.2, 0) is 15.8 Å². The third-order valence-electron chi connectivity index (χ3n) is 4.07. The van der Waals surface area contributed by atoms with E-state index in [1.165, 1.54) is 6.07 Å². The maximum Gasteiger partial charge on any atom is 0.417 e. The Morgan fingerprint density at radius 2 is 1.90 bits per heavy atom. The Balaban J connectivity index is 1.79. The molecule has 1 fully saturated rings. The Bertz CT molecular complexity index is 1070. The second kappa shape index (κ2) is 9.29. The number of rotatable bonds is 6. The number of halogens is 4. The Morgan fingerprint density at radius 1 is 1.23 bits per heavy atom. The predicted molar refractivity (Wildman–Crippen MR) is 116 cm³/mol. The number of carbonyl (C=O) groups excluding carboxylic acids is 1. The van der Waals surface area contributed by atoms with E-state index in [4.69, 9.17) is 33.7 Å². The largest absolute Gasteiger partial charge is 0.493 e. The normalized spacial score (nSPS) is 15.6. The molecule has 162 valence electrons. The number of carboxylic acid groups (broad SMARTS) is 1. The highest BCUT2D eigenvalue weighted by Crippen LogP contribution is 2.41. The van der Waals surface area contributed by atoms with Gasteiger partial charge in [-0.15, -0.1) is 0 Å². The number of thiocarbonyl (C=S) groups is 1. The van der Waals surface area contributed by atoms with Crippen LogP contribution in [0.1, 0.15) is 17.5 Å². The molecule has 1 amide bonds. The molecule has 0 aliphatic carbocycles. The van der Waals surface area contributed by atoms with Crippen molar-refractivity contribution in [1.29, 1.82) is 0 Å². The van der Waals surface area contributed by atoms with Gasteiger partial charge >= 0.3 is 12.1 Å². The van der Waals surface area contributed by atoms with Gasteiger partial charge in [-0.1, -0.05) is 47.7 Å². The highest BCUT2D eigenvalue weighted by atomic mass is 35.5. The number of carboxylic acids is 1. The number of hydrogen-bond acceptors (Lipinski definition) is 5. The number of amides is 1. The third-order valence-corrected chi connectivity index (χ3v) is 5.70. The molecular weight excluding hydrogens is 475 g/mol. The molecule has 0 bridgehead atoms. The number of anilines is 1. The SMILES string of the molecule is O=C(O)CCOc1ccc(/C=C2/SC(=S)N(c3ccc(Cl)c(C(F)(F)F)c3)C2=O)cc1. The van der Waals surface area contributed by atoms with E-state index < -0.39 is 28.6 Å². The summed E-state index contributed by atoms with van der Waals surface area (Å²) in [5.74, 6) is -1.05. The van der Waals surface area contributed by atoms with Crippen LogP contribution >= 0.6 is 35.6 Å². The van der Waals surface area contributed by atoms with Gasteiger partial charge in [-0.2, -0.15) is 13.2 Å². The lowest BCUT2D eigenvalue weighted by Gasteiger charge is -2.17. The van der Waals surface area contributed by atoms with Gasteiger partial charge in [0.15, 0.2) is 4.32 Å². The molecule has 0 radical (unpaired) electrons. The van der Waals surface area contributed by atoms with Crippen LogP contribution < -0.4 is 9.64 Å². The number of ether oxygens (including phenoxy) is 1. The van der Waals surface area contributed by atoms with Crippen LogP contribution in [0.5, 0.6) is 5.75 Å². The average Bonchev–Trinajstić information content (AvgIpc) is 2.96. The molecular formula is C20H13ClF3NO4S2. The average molecular weight is 488 g/mol. The Morgan fingerprint density at radius 3 is 2.52 bits per heavy atom. The predicted octanol–water partition coefficient (Wildman–Crippen LogP) is 5.62. The molecule has 1 aliphatic rings. The first-order valence-electron chi connectivity index (χ1n) is 8.65. The third kappa shape index (κ3) is 5.57. The Kier molecular flexibility index (Phi) is 6.93. The Labute approximate surface area is 189 Å². The fraction of sp³-hybridized carbons (Fsp3) is 0.150. The van der Waals surface area contributed by atoms with E-state index in [0.29, 0.717) is 11.3 Å². The molecule has 0 unspecified atom stereocenters. The van der Waals surface area contributed by atoms with Crippen molar-refractivity contribution in [3.63, 3.8) is 0 Å². The van der Waals surface area contributed by atoms with E-state index in [1.54, 1.807) is 30.3 Å². The lowest BCUT2D eigenvalue weighted by Crippen LogP contribution is -2.27. The molecule has 31 heavy (non-hydrogen) atoms. The highest BCUT2D eigenvalue weighted by molar-refractivity contribution is 8.27. The molecule has 3 rings (SSSR count). The lowest BCUT2D eigenvalue weighted by molar-refractivity contribution is -0.138. The van der Waals surface area contributed by atoms with Crippen LogP contribution in [0.3, 0.4) is 0 Å². The van der Waals surface area contributed by atoms with Crippen LogP contribution in [0.2, 0.25) is 5.02 Å². The van der Waals surface area contributed by atoms with E-state index in [2.05, 4.69) is 0 Å². The summed E-state index contributed by atoms with van der Waals surface area (Å²) in [7, 11) is 0. The molecule has 0 saturated carbocycles. The van der Waals surface area contributed by atoms with E-state index in [1.807, 2.05) is 0 Å². The maximum atomic E-state index is 13.1. The molecule has 2 aromatic rings. The molecule has 0 spiro atoms. The lowest BCUT2D eigenvalue weighted by atomic mass is 10.1. The van der Waals surface area contributed by atoms with Crippen LogP contribution in [-0.4, -0.2) is 27.9 Å². The van der Waals surface area contributed by atoms with E-state index >= 15 is 0 Å². The van der Waals surface area contributed by atoms with Crippen molar-refractivity contribution in [2.24, 2.45) is 0 Å². The van der Waals surface area contributed by atoms with Gasteiger partial charge in [0.25, 0.3) is 5.91 Å². The summed E-state index contributed by atoms with van der Waals surface area (Å²) in [4.78, 5) is 24.6. The summed E-state index contributed by atoms with van der Waals surface area (Å²) in [5, 5.41) is 8.15. The molecule has 1 heterocycles. The van der Waals surface area contributed by atoms with Crippen molar-refractivity contribution in [3.05, 3.63) is 63.5 Å². The number of thioether (sulfide) groups is 1. The monoisotopic (exact) mass is 487 g/mol. The van der Waals surface area contributed by atoms with Crippen LogP contribution in [0.4, 0.5) is 18.9 Å². The van der Waals surface area contributed by atoms with E-state index in [-0.39, 0.29) is 27.9 Å². The number of aliphatic carboxylic acids is 1. The van der Waals surface area contributed by atoms with E-state index in [9.17, 15) is 22.8 Å². The van der Waals surface area contributed by atoms with Gasteiger partial charge in [0, 0.05) is 0 Å². The number of alkyl halides is 3. The van der Waals surface area contributed by atoms with Crippen molar-refractivity contribution in [1.82, 2.24) is 0 Å². The fourth-order valence-corrected chi connectivity index (χ4v) is 4.15. The minimum atomic E-state index is -4.67. The summed E-state index contributed by atoms with van der Waals surface area (Å²) < 4.78 is 44.8. The second-order valence-corrected chi connectivity index (χ2v) is 8.32. The van der Waals surface area contributed by atoms with Gasteiger partial charge in [0.1, 0.15) is 5.75 Å². The topological polar surface area (TPSA) is 66.8 Å². The zero-order valence-electron chi connectivity index (χ0n) is 15.5. The molecule has 0 aromatic heterocycles. The molecule has 5 nitrogen and oxygen atoms in total. The number of nitrogens with zero attached hydrogens (tertiary/aromatic N) is 1. The van der Waals surface area contributed by atoms with Gasteiger partial charge < -0.3 is 9.84 Å². The van der Waals surface area contributed by atoms with Crippen molar-refractivity contribution >= 4 is 63.5 Å². The zero-order valence-corrected chi connectivity index (χ0v) is 17.9. The zero-order chi connectivity index (χ0) is 22.8. The second-order valence-electron chi connectivity index (χ2n) is 6.24. The van der Waals surface area contributed by atoms with E-state index in [0.717, 1.165) is 28.8 Å². The van der Waals surface area contributed by atoms with Gasteiger partial charge in [-0.05, 0) is 42.0 Å². The van der Waals surface area contributed by atoms with Crippen LogP contribution in [0.15, 0.2) is 47.4 Å². The summed E-state index contributed by atoms with van der Waals surface area (Å²) >= 11 is 11.8. The molecule has 2 aromatic carbocycles. The van der Waals surface area contributed by atoms with Crippen molar-refractivity contribution in [2.75, 3.05) is 11.5 Å². The number of carbonyl (C=O) groups is 2. The molecule has 0 atom stereocenters. The van der Waals surface area contributed by atoms with Crippen molar-refractivity contribution < 1.29 is 32.6 Å². The van der Waals surface area contributed by atoms with Gasteiger partial charge in [0.2, 0.25) is 0 Å². The quantitative estimate of drug-likeness (QED) is 0.421. The van der Waals surface area contributed by atoms with Crippen molar-refractivity contribution in [3.8, 4) is 5.75 Å². The summed E-state index contributed by atoms with van der Waals surface area (Å²) in [6.45, 7) is 0.0222. The van der Waals surface area contributed by atoms with Gasteiger partial charge in [-0.25, -0.2) is 0 Å². The van der Waals surface area contributed by atoms with Crippen molar-refractivity contribution in [2.45, 2.75) is 12.6 Å². The number of hydrogen-bond donors (Lipinski definition) is 1. The van der Waals surface area contributed by atoms with Crippen LogP contribution in [0.25, 0.3) is 6.08 Å². The fourth-order valence-electron chi connectivity index (χ4n) is 2.63. The summed E-state index contributed by atoms with van der Waals surface area (Å²) in [6.07, 6.45) is -3.25. The first-order chi connectivity index (χ1) is 14.6. The standard InChI is InChI=1S/C20H13ClF3NO4S2/c21-15-6-3-12(10-14(15)20(22,23)24)25-18(28)16(31-19(25)30)9-11-1-4-13(5-2-11)29-8-7-17(26)27/h1-6,9-10H,7-8H2,(H,26,27)/b16-9+. The molecule has 11 heteroatoms. The first-order valence-corrected chi connectivity index (χ1v) is 10.3.